The van der Waals surface area contributed by atoms with Gasteiger partial charge in [-0.05, 0) is 48.2 Å². The number of nitrogens with one attached hydrogen (secondary N) is 1. The molecule has 102 valence electrons. The molecule has 1 N–H and O–H groups in total. The minimum absolute atomic E-state index is 0.564. The molecule has 0 unspecified atom stereocenters. The zero-order valence-electron chi connectivity index (χ0n) is 12.0. The number of rotatable bonds is 3. The van der Waals surface area contributed by atoms with Gasteiger partial charge in [0.15, 0.2) is 5.13 Å². The van der Waals surface area contributed by atoms with Crippen LogP contribution in [0.5, 0.6) is 0 Å². The Morgan fingerprint density at radius 2 is 1.80 bits per heavy atom. The van der Waals surface area contributed by atoms with Crippen LogP contribution < -0.4 is 5.32 Å². The highest BCUT2D eigenvalue weighted by Crippen LogP contribution is 2.29. The van der Waals surface area contributed by atoms with Crippen LogP contribution in [0, 0.1) is 6.92 Å². The third kappa shape index (κ3) is 2.68. The van der Waals surface area contributed by atoms with Gasteiger partial charge in [-0.25, -0.2) is 4.98 Å². The quantitative estimate of drug-likeness (QED) is 0.688. The molecular formula is C17H18N2S. The van der Waals surface area contributed by atoms with Gasteiger partial charge in [-0.2, -0.15) is 0 Å². The molecule has 2 aromatic carbocycles. The highest BCUT2D eigenvalue weighted by atomic mass is 32.1. The summed E-state index contributed by atoms with van der Waals surface area (Å²) in [5, 5.41) is 4.33. The standard InChI is InChI=1S/C17H18N2S/c1-11(2)13-5-7-14(8-6-13)18-17-19-15-10-12(3)4-9-16(15)20-17/h4-11H,1-3H3,(H,18,19). The van der Waals surface area contributed by atoms with Crippen LogP contribution in [0.15, 0.2) is 42.5 Å². The van der Waals surface area contributed by atoms with Gasteiger partial charge in [-0.1, -0.05) is 43.4 Å². The van der Waals surface area contributed by atoms with Gasteiger partial charge >= 0.3 is 0 Å². The summed E-state index contributed by atoms with van der Waals surface area (Å²) in [5.74, 6) is 0.564. The second-order valence-corrected chi connectivity index (χ2v) is 6.42. The Hall–Kier alpha value is -1.87. The first-order valence-corrected chi connectivity index (χ1v) is 7.67. The van der Waals surface area contributed by atoms with E-state index >= 15 is 0 Å². The van der Waals surface area contributed by atoms with Crippen LogP contribution in [0.1, 0.15) is 30.9 Å². The molecule has 3 rings (SSSR count). The van der Waals surface area contributed by atoms with Gasteiger partial charge in [-0.15, -0.1) is 0 Å². The monoisotopic (exact) mass is 282 g/mol. The minimum Gasteiger partial charge on any atom is -0.332 e. The average Bonchev–Trinajstić information content (AvgIpc) is 2.80. The van der Waals surface area contributed by atoms with Crippen molar-refractivity contribution in [3.05, 3.63) is 53.6 Å². The van der Waals surface area contributed by atoms with Gasteiger partial charge < -0.3 is 5.32 Å². The number of thiazole rings is 1. The summed E-state index contributed by atoms with van der Waals surface area (Å²) in [7, 11) is 0. The van der Waals surface area contributed by atoms with Gasteiger partial charge in [0, 0.05) is 5.69 Å². The Morgan fingerprint density at radius 1 is 1.05 bits per heavy atom. The molecule has 0 saturated heterocycles. The van der Waals surface area contributed by atoms with E-state index in [2.05, 4.69) is 73.5 Å². The van der Waals surface area contributed by atoms with E-state index in [0.29, 0.717) is 5.92 Å². The number of hydrogen-bond donors (Lipinski definition) is 1. The Labute approximate surface area is 123 Å². The topological polar surface area (TPSA) is 24.9 Å². The van der Waals surface area contributed by atoms with E-state index in [1.807, 2.05) is 0 Å². The Morgan fingerprint density at radius 3 is 2.50 bits per heavy atom. The predicted octanol–water partition coefficient (Wildman–Crippen LogP) is 5.47. The van der Waals surface area contributed by atoms with Crippen LogP contribution in [0.2, 0.25) is 0 Å². The molecule has 0 radical (unpaired) electrons. The maximum absolute atomic E-state index is 4.63. The van der Waals surface area contributed by atoms with Gasteiger partial charge in [0.2, 0.25) is 0 Å². The summed E-state index contributed by atoms with van der Waals surface area (Å²) in [6.07, 6.45) is 0. The van der Waals surface area contributed by atoms with E-state index < -0.39 is 0 Å². The number of aryl methyl sites for hydroxylation is 1. The lowest BCUT2D eigenvalue weighted by molar-refractivity contribution is 0.867. The van der Waals surface area contributed by atoms with Crippen molar-refractivity contribution in [3.8, 4) is 0 Å². The SMILES string of the molecule is Cc1ccc2sc(Nc3ccc(C(C)C)cc3)nc2c1. The predicted molar refractivity (Wildman–Crippen MR) is 88.2 cm³/mol. The van der Waals surface area contributed by atoms with Gasteiger partial charge in [0.25, 0.3) is 0 Å². The molecular weight excluding hydrogens is 264 g/mol. The maximum atomic E-state index is 4.63. The molecule has 0 fully saturated rings. The molecule has 0 aliphatic rings. The second kappa shape index (κ2) is 5.25. The van der Waals surface area contributed by atoms with E-state index in [0.717, 1.165) is 16.3 Å². The summed E-state index contributed by atoms with van der Waals surface area (Å²) in [6, 6.07) is 15.0. The molecule has 0 spiro atoms. The third-order valence-corrected chi connectivity index (χ3v) is 4.32. The van der Waals surface area contributed by atoms with Crippen molar-refractivity contribution in [3.63, 3.8) is 0 Å². The van der Waals surface area contributed by atoms with Gasteiger partial charge in [0.05, 0.1) is 10.2 Å². The molecule has 0 aliphatic heterocycles. The Kier molecular flexibility index (Phi) is 3.45. The van der Waals surface area contributed by atoms with Gasteiger partial charge in [-0.3, -0.25) is 0 Å². The number of anilines is 2. The summed E-state index contributed by atoms with van der Waals surface area (Å²) < 4.78 is 1.22. The number of hydrogen-bond acceptors (Lipinski definition) is 3. The first-order chi connectivity index (χ1) is 9.61. The van der Waals surface area contributed by atoms with Crippen molar-refractivity contribution in [2.24, 2.45) is 0 Å². The lowest BCUT2D eigenvalue weighted by Crippen LogP contribution is -1.91. The molecule has 0 atom stereocenters. The smallest absolute Gasteiger partial charge is 0.188 e. The molecule has 1 aromatic heterocycles. The van der Waals surface area contributed by atoms with Crippen LogP contribution in [-0.4, -0.2) is 4.98 Å². The summed E-state index contributed by atoms with van der Waals surface area (Å²) >= 11 is 1.69. The normalized spacial score (nSPS) is 11.2. The second-order valence-electron chi connectivity index (χ2n) is 5.39. The van der Waals surface area contributed by atoms with Gasteiger partial charge in [0.1, 0.15) is 0 Å². The summed E-state index contributed by atoms with van der Waals surface area (Å²) in [5.41, 5.74) is 4.76. The molecule has 3 heteroatoms. The highest BCUT2D eigenvalue weighted by molar-refractivity contribution is 7.22. The third-order valence-electron chi connectivity index (χ3n) is 3.37. The molecule has 0 aliphatic carbocycles. The lowest BCUT2D eigenvalue weighted by atomic mass is 10.0. The van der Waals surface area contributed by atoms with Crippen molar-refractivity contribution in [1.82, 2.24) is 4.98 Å². The van der Waals surface area contributed by atoms with Crippen LogP contribution in [0.4, 0.5) is 10.8 Å². The molecule has 0 saturated carbocycles. The van der Waals surface area contributed by atoms with Crippen LogP contribution in [0.3, 0.4) is 0 Å². The van der Waals surface area contributed by atoms with Crippen LogP contribution in [-0.2, 0) is 0 Å². The molecule has 2 nitrogen and oxygen atoms in total. The lowest BCUT2D eigenvalue weighted by Gasteiger charge is -2.07. The van der Waals surface area contributed by atoms with E-state index in [-0.39, 0.29) is 0 Å². The van der Waals surface area contributed by atoms with Crippen molar-refractivity contribution in [1.29, 1.82) is 0 Å². The van der Waals surface area contributed by atoms with E-state index in [1.165, 1.54) is 15.8 Å². The van der Waals surface area contributed by atoms with Crippen molar-refractivity contribution >= 4 is 32.4 Å². The molecule has 0 amide bonds. The first kappa shape index (κ1) is 13.1. The zero-order chi connectivity index (χ0) is 14.1. The van der Waals surface area contributed by atoms with E-state index in [4.69, 9.17) is 0 Å². The van der Waals surface area contributed by atoms with E-state index in [1.54, 1.807) is 11.3 Å². The molecule has 0 bridgehead atoms. The van der Waals surface area contributed by atoms with Crippen molar-refractivity contribution in [2.75, 3.05) is 5.32 Å². The number of benzene rings is 2. The fraction of sp³-hybridized carbons (Fsp3) is 0.235. The molecule has 1 heterocycles. The zero-order valence-corrected chi connectivity index (χ0v) is 12.8. The summed E-state index contributed by atoms with van der Waals surface area (Å²) in [4.78, 5) is 4.63. The van der Waals surface area contributed by atoms with Crippen LogP contribution in [0.25, 0.3) is 10.2 Å². The first-order valence-electron chi connectivity index (χ1n) is 6.86. The largest absolute Gasteiger partial charge is 0.332 e. The maximum Gasteiger partial charge on any atom is 0.188 e. The number of fused-ring (bicyclic) bond motifs is 1. The van der Waals surface area contributed by atoms with Crippen molar-refractivity contribution in [2.45, 2.75) is 26.7 Å². The highest BCUT2D eigenvalue weighted by Gasteiger charge is 2.05. The Bertz CT molecular complexity index is 726. The van der Waals surface area contributed by atoms with Crippen molar-refractivity contribution < 1.29 is 0 Å². The molecule has 3 aromatic rings. The number of aromatic nitrogens is 1. The van der Waals surface area contributed by atoms with E-state index in [9.17, 15) is 0 Å². The fourth-order valence-electron chi connectivity index (χ4n) is 2.17. The average molecular weight is 282 g/mol. The molecule has 20 heavy (non-hydrogen) atoms. The summed E-state index contributed by atoms with van der Waals surface area (Å²) in [6.45, 7) is 6.51. The minimum atomic E-state index is 0.564. The van der Waals surface area contributed by atoms with Crippen LogP contribution >= 0.6 is 11.3 Å². The fourth-order valence-corrected chi connectivity index (χ4v) is 3.03. The Balaban J connectivity index is 1.85. The number of nitrogens with zero attached hydrogens (tertiary/aromatic N) is 1.